The van der Waals surface area contributed by atoms with E-state index in [1.54, 1.807) is 18.4 Å². The first-order valence-corrected chi connectivity index (χ1v) is 9.93. The molecule has 1 aromatic heterocycles. The summed E-state index contributed by atoms with van der Waals surface area (Å²) in [4.78, 5) is 9.47. The van der Waals surface area contributed by atoms with Crippen LogP contribution in [0.5, 0.6) is 0 Å². The second kappa shape index (κ2) is 8.86. The van der Waals surface area contributed by atoms with E-state index in [0.29, 0.717) is 5.89 Å². The van der Waals surface area contributed by atoms with Crippen molar-refractivity contribution in [2.24, 2.45) is 0 Å². The predicted octanol–water partition coefficient (Wildman–Crippen LogP) is 4.84. The summed E-state index contributed by atoms with van der Waals surface area (Å²) in [6, 6.07) is 14.3. The van der Waals surface area contributed by atoms with Crippen molar-refractivity contribution in [2.75, 3.05) is 26.2 Å². The van der Waals surface area contributed by atoms with Crippen LogP contribution in [0.25, 0.3) is 11.5 Å². The van der Waals surface area contributed by atoms with Crippen molar-refractivity contribution in [1.82, 2.24) is 14.8 Å². The van der Waals surface area contributed by atoms with Crippen LogP contribution >= 0.6 is 11.6 Å². The monoisotopic (exact) mass is 399 g/mol. The van der Waals surface area contributed by atoms with Gasteiger partial charge in [0.25, 0.3) is 0 Å². The predicted molar refractivity (Wildman–Crippen MR) is 109 cm³/mol. The highest BCUT2D eigenvalue weighted by Gasteiger charge is 2.17. The van der Waals surface area contributed by atoms with Gasteiger partial charge >= 0.3 is 0 Å². The fourth-order valence-electron chi connectivity index (χ4n) is 3.52. The smallest absolute Gasteiger partial charge is 0.226 e. The molecule has 0 amide bonds. The molecule has 0 spiro atoms. The van der Waals surface area contributed by atoms with Crippen molar-refractivity contribution in [3.8, 4) is 11.5 Å². The zero-order valence-electron chi connectivity index (χ0n) is 15.7. The highest BCUT2D eigenvalue weighted by Crippen LogP contribution is 2.20. The van der Waals surface area contributed by atoms with Crippen molar-refractivity contribution in [3.05, 3.63) is 76.9 Å². The summed E-state index contributed by atoms with van der Waals surface area (Å²) in [5.41, 5.74) is 2.99. The van der Waals surface area contributed by atoms with Crippen molar-refractivity contribution in [2.45, 2.75) is 19.5 Å². The minimum atomic E-state index is -0.261. The number of hydrogen-bond donors (Lipinski definition) is 0. The van der Waals surface area contributed by atoms with Gasteiger partial charge in [-0.15, -0.1) is 0 Å². The van der Waals surface area contributed by atoms with Gasteiger partial charge in [-0.25, -0.2) is 9.37 Å². The summed E-state index contributed by atoms with van der Waals surface area (Å²) >= 11 is 5.97. The van der Waals surface area contributed by atoms with Crippen LogP contribution in [0.15, 0.2) is 59.2 Å². The molecule has 28 heavy (non-hydrogen) atoms. The lowest BCUT2D eigenvalue weighted by atomic mass is 10.2. The van der Waals surface area contributed by atoms with E-state index in [1.165, 1.54) is 17.7 Å². The van der Waals surface area contributed by atoms with Crippen molar-refractivity contribution in [3.63, 3.8) is 0 Å². The molecule has 3 aromatic rings. The quantitative estimate of drug-likeness (QED) is 0.614. The van der Waals surface area contributed by atoms with Gasteiger partial charge in [-0.1, -0.05) is 23.7 Å². The molecule has 0 radical (unpaired) electrons. The molecule has 0 aliphatic carbocycles. The Bertz CT molecular complexity index is 895. The van der Waals surface area contributed by atoms with Crippen LogP contribution < -0.4 is 0 Å². The van der Waals surface area contributed by atoms with Crippen LogP contribution in [0.2, 0.25) is 5.02 Å². The van der Waals surface area contributed by atoms with E-state index in [0.717, 1.165) is 62.0 Å². The van der Waals surface area contributed by atoms with Crippen molar-refractivity contribution >= 4 is 11.6 Å². The SMILES string of the molecule is Fc1ccc(-c2nc(CN3CCCN(Cc4ccc(Cl)cc4)CC3)co2)cc1. The topological polar surface area (TPSA) is 32.5 Å². The Hall–Kier alpha value is -2.21. The van der Waals surface area contributed by atoms with Gasteiger partial charge in [-0.3, -0.25) is 9.80 Å². The minimum absolute atomic E-state index is 0.261. The Morgan fingerprint density at radius 2 is 1.57 bits per heavy atom. The molecule has 4 nitrogen and oxygen atoms in total. The minimum Gasteiger partial charge on any atom is -0.444 e. The molecule has 146 valence electrons. The summed E-state index contributed by atoms with van der Waals surface area (Å²) in [6.45, 7) is 5.84. The van der Waals surface area contributed by atoms with Crippen LogP contribution in [0.1, 0.15) is 17.7 Å². The van der Waals surface area contributed by atoms with Gasteiger partial charge in [0, 0.05) is 36.8 Å². The van der Waals surface area contributed by atoms with E-state index in [2.05, 4.69) is 26.9 Å². The van der Waals surface area contributed by atoms with Crippen LogP contribution in [0, 0.1) is 5.82 Å². The van der Waals surface area contributed by atoms with Gasteiger partial charge in [0.05, 0.1) is 5.69 Å². The summed E-state index contributed by atoms with van der Waals surface area (Å²) in [5, 5.41) is 0.776. The van der Waals surface area contributed by atoms with E-state index in [-0.39, 0.29) is 5.82 Å². The third kappa shape index (κ3) is 4.98. The molecule has 2 aromatic carbocycles. The first-order chi connectivity index (χ1) is 13.7. The number of nitrogens with zero attached hydrogens (tertiary/aromatic N) is 3. The summed E-state index contributed by atoms with van der Waals surface area (Å²) in [5.74, 6) is 0.275. The molecule has 2 heterocycles. The average molecular weight is 400 g/mol. The van der Waals surface area contributed by atoms with Crippen LogP contribution in [-0.4, -0.2) is 41.0 Å². The van der Waals surface area contributed by atoms with E-state index in [1.807, 2.05) is 12.1 Å². The van der Waals surface area contributed by atoms with Gasteiger partial charge in [-0.05, 0) is 61.5 Å². The maximum Gasteiger partial charge on any atom is 0.226 e. The molecule has 0 unspecified atom stereocenters. The lowest BCUT2D eigenvalue weighted by Gasteiger charge is -2.21. The second-order valence-corrected chi connectivity index (χ2v) is 7.62. The molecule has 6 heteroatoms. The fraction of sp³-hybridized carbons (Fsp3) is 0.318. The fourth-order valence-corrected chi connectivity index (χ4v) is 3.65. The molecule has 4 rings (SSSR count). The zero-order valence-corrected chi connectivity index (χ0v) is 16.4. The van der Waals surface area contributed by atoms with Gasteiger partial charge in [0.1, 0.15) is 12.1 Å². The Morgan fingerprint density at radius 3 is 2.29 bits per heavy atom. The molecule has 0 bridgehead atoms. The van der Waals surface area contributed by atoms with Crippen LogP contribution in [-0.2, 0) is 13.1 Å². The summed E-state index contributed by atoms with van der Waals surface area (Å²) in [7, 11) is 0. The highest BCUT2D eigenvalue weighted by molar-refractivity contribution is 6.30. The number of hydrogen-bond acceptors (Lipinski definition) is 4. The van der Waals surface area contributed by atoms with Gasteiger partial charge < -0.3 is 4.42 Å². The normalized spacial score (nSPS) is 16.2. The standard InChI is InChI=1S/C22H23ClFN3O/c23-19-6-2-17(3-7-19)14-26-10-1-11-27(13-12-26)15-21-16-28-22(25-21)18-4-8-20(24)9-5-18/h2-9,16H,1,10-15H2. The molecule has 0 atom stereocenters. The van der Waals surface area contributed by atoms with E-state index in [9.17, 15) is 4.39 Å². The summed E-state index contributed by atoms with van der Waals surface area (Å²) < 4.78 is 18.7. The number of oxazole rings is 1. The van der Waals surface area contributed by atoms with Gasteiger partial charge in [0.2, 0.25) is 5.89 Å². The maximum atomic E-state index is 13.1. The van der Waals surface area contributed by atoms with E-state index >= 15 is 0 Å². The first-order valence-electron chi connectivity index (χ1n) is 9.55. The molecular weight excluding hydrogens is 377 g/mol. The maximum absolute atomic E-state index is 13.1. The third-order valence-corrected chi connectivity index (χ3v) is 5.28. The Balaban J connectivity index is 1.32. The van der Waals surface area contributed by atoms with Gasteiger partial charge in [0.15, 0.2) is 0 Å². The number of halogens is 2. The molecule has 0 saturated carbocycles. The van der Waals surface area contributed by atoms with Gasteiger partial charge in [-0.2, -0.15) is 0 Å². The van der Waals surface area contributed by atoms with Crippen molar-refractivity contribution < 1.29 is 8.81 Å². The van der Waals surface area contributed by atoms with Crippen LogP contribution in [0.4, 0.5) is 4.39 Å². The van der Waals surface area contributed by atoms with E-state index < -0.39 is 0 Å². The molecule has 1 aliphatic heterocycles. The first kappa shape index (κ1) is 19.1. The zero-order chi connectivity index (χ0) is 19.3. The molecule has 0 N–H and O–H groups in total. The molecule has 1 saturated heterocycles. The van der Waals surface area contributed by atoms with Crippen LogP contribution in [0.3, 0.4) is 0 Å². The Kier molecular flexibility index (Phi) is 6.05. The lowest BCUT2D eigenvalue weighted by molar-refractivity contribution is 0.245. The Morgan fingerprint density at radius 1 is 0.893 bits per heavy atom. The third-order valence-electron chi connectivity index (χ3n) is 5.03. The number of benzene rings is 2. The average Bonchev–Trinajstić information content (AvgIpc) is 3.05. The largest absolute Gasteiger partial charge is 0.444 e. The summed E-state index contributed by atoms with van der Waals surface area (Å²) in [6.07, 6.45) is 2.82. The van der Waals surface area contributed by atoms with E-state index in [4.69, 9.17) is 16.0 Å². The number of rotatable bonds is 5. The Labute approximate surface area is 169 Å². The molecule has 1 fully saturated rings. The molecule has 1 aliphatic rings. The molecular formula is C22H23ClFN3O. The highest BCUT2D eigenvalue weighted by atomic mass is 35.5. The lowest BCUT2D eigenvalue weighted by Crippen LogP contribution is -2.30. The van der Waals surface area contributed by atoms with Crippen molar-refractivity contribution in [1.29, 1.82) is 0 Å². The second-order valence-electron chi connectivity index (χ2n) is 7.18. The number of aromatic nitrogens is 1.